The first-order valence-electron chi connectivity index (χ1n) is 8.10. The average molecular weight is 323 g/mol. The van der Waals surface area contributed by atoms with Crippen LogP contribution in [0.5, 0.6) is 0 Å². The van der Waals surface area contributed by atoms with E-state index in [2.05, 4.69) is 10.2 Å². The molecule has 1 aromatic rings. The molecule has 120 valence electrons. The fourth-order valence-corrected chi connectivity index (χ4v) is 3.42. The third-order valence-electron chi connectivity index (χ3n) is 4.64. The predicted octanol–water partition coefficient (Wildman–Crippen LogP) is 2.36. The fraction of sp³-hybridized carbons (Fsp3) is 0.588. The van der Waals surface area contributed by atoms with Gasteiger partial charge in [0, 0.05) is 5.02 Å². The van der Waals surface area contributed by atoms with Crippen LogP contribution in [0.15, 0.2) is 24.3 Å². The molecule has 4 nitrogen and oxygen atoms in total. The lowest BCUT2D eigenvalue weighted by Gasteiger charge is -2.28. The van der Waals surface area contributed by atoms with Gasteiger partial charge in [0.05, 0.1) is 18.7 Å². The maximum absolute atomic E-state index is 12.7. The zero-order chi connectivity index (χ0) is 15.5. The van der Waals surface area contributed by atoms with Gasteiger partial charge in [0.2, 0.25) is 5.91 Å². The van der Waals surface area contributed by atoms with Crippen molar-refractivity contribution in [2.45, 2.75) is 37.8 Å². The number of hydrogen-bond donors (Lipinski definition) is 2. The summed E-state index contributed by atoms with van der Waals surface area (Å²) in [6.07, 6.45) is 4.63. The van der Waals surface area contributed by atoms with Crippen LogP contribution in [0.4, 0.5) is 0 Å². The number of hydrogen-bond acceptors (Lipinski definition) is 3. The maximum Gasteiger partial charge on any atom is 0.238 e. The minimum Gasteiger partial charge on any atom is -0.394 e. The van der Waals surface area contributed by atoms with Crippen molar-refractivity contribution < 1.29 is 9.90 Å². The summed E-state index contributed by atoms with van der Waals surface area (Å²) in [5.74, 6) is 0.543. The van der Waals surface area contributed by atoms with E-state index in [1.165, 1.54) is 12.8 Å². The summed E-state index contributed by atoms with van der Waals surface area (Å²) in [5.41, 5.74) is 0.885. The molecule has 0 spiro atoms. The molecule has 3 rings (SSSR count). The number of amides is 1. The SMILES string of the molecule is O=C(N[C@H](CO)c1ccc(Cl)cc1)[C@H](C1CC1)N1CCCC1. The van der Waals surface area contributed by atoms with E-state index < -0.39 is 0 Å². The van der Waals surface area contributed by atoms with Gasteiger partial charge < -0.3 is 10.4 Å². The van der Waals surface area contributed by atoms with E-state index in [-0.39, 0.29) is 24.6 Å². The molecule has 2 fully saturated rings. The quantitative estimate of drug-likeness (QED) is 0.845. The summed E-state index contributed by atoms with van der Waals surface area (Å²) in [5, 5.41) is 13.3. The molecule has 0 unspecified atom stereocenters. The van der Waals surface area contributed by atoms with Crippen molar-refractivity contribution in [1.29, 1.82) is 0 Å². The second kappa shape index (κ2) is 6.99. The van der Waals surface area contributed by atoms with Crippen LogP contribution in [0, 0.1) is 5.92 Å². The first-order valence-corrected chi connectivity index (χ1v) is 8.47. The number of nitrogens with zero attached hydrogens (tertiary/aromatic N) is 1. The molecule has 1 amide bonds. The van der Waals surface area contributed by atoms with Gasteiger partial charge in [0.15, 0.2) is 0 Å². The molecule has 1 aliphatic carbocycles. The summed E-state index contributed by atoms with van der Waals surface area (Å²) in [6.45, 7) is 1.92. The molecule has 1 saturated heterocycles. The zero-order valence-electron chi connectivity index (χ0n) is 12.7. The Morgan fingerprint density at radius 1 is 1.27 bits per heavy atom. The monoisotopic (exact) mass is 322 g/mol. The van der Waals surface area contributed by atoms with Crippen molar-refractivity contribution in [3.63, 3.8) is 0 Å². The number of carbonyl (C=O) groups is 1. The number of carbonyl (C=O) groups excluding carboxylic acids is 1. The molecule has 2 N–H and O–H groups in total. The second-order valence-electron chi connectivity index (χ2n) is 6.32. The highest BCUT2D eigenvalue weighted by molar-refractivity contribution is 6.30. The van der Waals surface area contributed by atoms with E-state index >= 15 is 0 Å². The van der Waals surface area contributed by atoms with Gasteiger partial charge in [0.25, 0.3) is 0 Å². The summed E-state index contributed by atoms with van der Waals surface area (Å²) in [7, 11) is 0. The molecule has 22 heavy (non-hydrogen) atoms. The highest BCUT2D eigenvalue weighted by Crippen LogP contribution is 2.37. The molecule has 2 atom stereocenters. The summed E-state index contributed by atoms with van der Waals surface area (Å²) in [6, 6.07) is 6.88. The average Bonchev–Trinajstić information content (AvgIpc) is 3.20. The van der Waals surface area contributed by atoms with E-state index in [4.69, 9.17) is 11.6 Å². The van der Waals surface area contributed by atoms with Gasteiger partial charge in [-0.1, -0.05) is 23.7 Å². The van der Waals surface area contributed by atoms with Crippen LogP contribution in [0.3, 0.4) is 0 Å². The predicted molar refractivity (Wildman–Crippen MR) is 86.7 cm³/mol. The van der Waals surface area contributed by atoms with Crippen LogP contribution in [0.1, 0.15) is 37.3 Å². The lowest BCUT2D eigenvalue weighted by molar-refractivity contribution is -0.128. The zero-order valence-corrected chi connectivity index (χ0v) is 13.4. The van der Waals surface area contributed by atoms with E-state index in [1.54, 1.807) is 12.1 Å². The number of benzene rings is 1. The molecule has 0 aromatic heterocycles. The molecule has 1 heterocycles. The van der Waals surface area contributed by atoms with Crippen molar-refractivity contribution >= 4 is 17.5 Å². The van der Waals surface area contributed by atoms with Gasteiger partial charge in [-0.25, -0.2) is 0 Å². The van der Waals surface area contributed by atoms with Crippen LogP contribution in [-0.4, -0.2) is 41.7 Å². The number of halogens is 1. The minimum atomic E-state index is -0.367. The summed E-state index contributed by atoms with van der Waals surface area (Å²) in [4.78, 5) is 15.0. The van der Waals surface area contributed by atoms with E-state index in [1.807, 2.05) is 12.1 Å². The topological polar surface area (TPSA) is 52.6 Å². The molecular formula is C17H23ClN2O2. The van der Waals surface area contributed by atoms with Crippen LogP contribution in [0.25, 0.3) is 0 Å². The Hall–Kier alpha value is -1.10. The van der Waals surface area contributed by atoms with E-state index in [0.29, 0.717) is 10.9 Å². The molecule has 0 bridgehead atoms. The number of rotatable bonds is 6. The van der Waals surface area contributed by atoms with Crippen LogP contribution in [0.2, 0.25) is 5.02 Å². The van der Waals surface area contributed by atoms with Crippen LogP contribution >= 0.6 is 11.6 Å². The van der Waals surface area contributed by atoms with Crippen molar-refractivity contribution in [2.24, 2.45) is 5.92 Å². The normalized spacial score (nSPS) is 21.5. The van der Waals surface area contributed by atoms with Gasteiger partial charge >= 0.3 is 0 Å². The summed E-state index contributed by atoms with van der Waals surface area (Å²) < 4.78 is 0. The smallest absolute Gasteiger partial charge is 0.238 e. The van der Waals surface area contributed by atoms with Gasteiger partial charge in [-0.15, -0.1) is 0 Å². The number of aliphatic hydroxyl groups is 1. The van der Waals surface area contributed by atoms with E-state index in [0.717, 1.165) is 31.5 Å². The second-order valence-corrected chi connectivity index (χ2v) is 6.76. The number of nitrogens with one attached hydrogen (secondary N) is 1. The van der Waals surface area contributed by atoms with Gasteiger partial charge in [-0.3, -0.25) is 9.69 Å². The third-order valence-corrected chi connectivity index (χ3v) is 4.89. The highest BCUT2D eigenvalue weighted by Gasteiger charge is 2.41. The lowest BCUT2D eigenvalue weighted by Crippen LogP contribution is -2.48. The highest BCUT2D eigenvalue weighted by atomic mass is 35.5. The molecule has 1 saturated carbocycles. The molecule has 5 heteroatoms. The van der Waals surface area contributed by atoms with Crippen molar-refractivity contribution in [3.8, 4) is 0 Å². The number of likely N-dealkylation sites (tertiary alicyclic amines) is 1. The van der Waals surface area contributed by atoms with E-state index in [9.17, 15) is 9.90 Å². The van der Waals surface area contributed by atoms with Gasteiger partial charge in [-0.2, -0.15) is 0 Å². The first-order chi connectivity index (χ1) is 10.7. The van der Waals surface area contributed by atoms with Crippen LogP contribution in [-0.2, 0) is 4.79 Å². The molecule has 2 aliphatic rings. The molecule has 1 aromatic carbocycles. The molecule has 1 aliphatic heterocycles. The Morgan fingerprint density at radius 3 is 2.45 bits per heavy atom. The Balaban J connectivity index is 1.68. The van der Waals surface area contributed by atoms with Crippen LogP contribution < -0.4 is 5.32 Å². The van der Waals surface area contributed by atoms with Gasteiger partial charge in [0.1, 0.15) is 0 Å². The summed E-state index contributed by atoms with van der Waals surface area (Å²) >= 11 is 5.90. The third kappa shape index (κ3) is 3.62. The first kappa shape index (κ1) is 15.8. The minimum absolute atomic E-state index is 0.0242. The van der Waals surface area contributed by atoms with Crippen molar-refractivity contribution in [2.75, 3.05) is 19.7 Å². The van der Waals surface area contributed by atoms with Gasteiger partial charge in [-0.05, 0) is 62.4 Å². The fourth-order valence-electron chi connectivity index (χ4n) is 3.30. The lowest BCUT2D eigenvalue weighted by atomic mass is 10.1. The standard InChI is InChI=1S/C17H23ClN2O2/c18-14-7-5-12(6-8-14)15(11-21)19-17(22)16(13-3-4-13)20-9-1-2-10-20/h5-8,13,15-16,21H,1-4,9-11H2,(H,19,22)/t15-,16+/m1/s1. The van der Waals surface area contributed by atoms with Crippen molar-refractivity contribution in [3.05, 3.63) is 34.9 Å². The Labute approximate surface area is 136 Å². The Bertz CT molecular complexity index is 510. The maximum atomic E-state index is 12.7. The molecule has 0 radical (unpaired) electrons. The number of aliphatic hydroxyl groups excluding tert-OH is 1. The Morgan fingerprint density at radius 2 is 1.91 bits per heavy atom. The Kier molecular flexibility index (Phi) is 5.01. The van der Waals surface area contributed by atoms with Crippen molar-refractivity contribution in [1.82, 2.24) is 10.2 Å². The molecular weight excluding hydrogens is 300 g/mol. The largest absolute Gasteiger partial charge is 0.394 e.